The Bertz CT molecular complexity index is 493. The lowest BCUT2D eigenvalue weighted by Crippen LogP contribution is -2.35. The zero-order valence-electron chi connectivity index (χ0n) is 13.9. The molecule has 4 heteroatoms. The molecule has 1 aliphatic rings. The molecular weight excluding hydrogens is 298 g/mol. The number of methoxy groups -OCH3 is 1. The van der Waals surface area contributed by atoms with Crippen LogP contribution in [0.4, 0.5) is 8.78 Å². The number of rotatable bonds is 6. The van der Waals surface area contributed by atoms with Crippen LogP contribution in [0.1, 0.15) is 56.1 Å². The van der Waals surface area contributed by atoms with Gasteiger partial charge in [-0.2, -0.15) is 0 Å². The Morgan fingerprint density at radius 3 is 2.26 bits per heavy atom. The van der Waals surface area contributed by atoms with E-state index < -0.39 is 24.2 Å². The molecule has 2 unspecified atom stereocenters. The molecule has 2 rings (SSSR count). The smallest absolute Gasteiger partial charge is 0.315 e. The first-order valence-electron chi connectivity index (χ1n) is 8.53. The molecule has 0 aliphatic heterocycles. The summed E-state index contributed by atoms with van der Waals surface area (Å²) >= 11 is 0. The van der Waals surface area contributed by atoms with Gasteiger partial charge in [-0.05, 0) is 36.3 Å². The van der Waals surface area contributed by atoms with E-state index in [0.29, 0.717) is 0 Å². The highest BCUT2D eigenvalue weighted by Crippen LogP contribution is 2.43. The highest BCUT2D eigenvalue weighted by atomic mass is 19.3. The quantitative estimate of drug-likeness (QED) is 0.691. The zero-order valence-corrected chi connectivity index (χ0v) is 13.9. The summed E-state index contributed by atoms with van der Waals surface area (Å²) in [5.74, 6) is -2.52. The van der Waals surface area contributed by atoms with E-state index in [9.17, 15) is 13.6 Å². The van der Waals surface area contributed by atoms with Gasteiger partial charge < -0.3 is 4.74 Å². The van der Waals surface area contributed by atoms with Gasteiger partial charge >= 0.3 is 5.97 Å². The molecule has 0 heterocycles. The Kier molecular flexibility index (Phi) is 6.55. The molecule has 0 aromatic heterocycles. The maximum absolute atomic E-state index is 13.7. The van der Waals surface area contributed by atoms with Gasteiger partial charge in [0.25, 0.3) is 6.43 Å². The van der Waals surface area contributed by atoms with Gasteiger partial charge in [-0.3, -0.25) is 4.79 Å². The lowest BCUT2D eigenvalue weighted by molar-refractivity contribution is -0.153. The number of hydrogen-bond acceptors (Lipinski definition) is 2. The molecular formula is C19H26F2O2. The predicted octanol–water partition coefficient (Wildman–Crippen LogP) is 4.97. The van der Waals surface area contributed by atoms with Crippen LogP contribution in [0, 0.1) is 11.8 Å². The van der Waals surface area contributed by atoms with Gasteiger partial charge in [0, 0.05) is 5.92 Å². The van der Waals surface area contributed by atoms with Gasteiger partial charge in [-0.15, -0.1) is 0 Å². The molecule has 0 N–H and O–H groups in total. The van der Waals surface area contributed by atoms with Crippen molar-refractivity contribution in [2.24, 2.45) is 11.8 Å². The van der Waals surface area contributed by atoms with Gasteiger partial charge in [0.05, 0.1) is 7.11 Å². The number of carbonyl (C=O) groups excluding carboxylic acids is 1. The number of ether oxygens (including phenoxy) is 1. The first-order chi connectivity index (χ1) is 11.1. The van der Waals surface area contributed by atoms with Crippen molar-refractivity contribution in [3.05, 3.63) is 35.4 Å². The van der Waals surface area contributed by atoms with E-state index in [1.807, 2.05) is 24.3 Å². The van der Waals surface area contributed by atoms with Gasteiger partial charge in [0.15, 0.2) is 0 Å². The summed E-state index contributed by atoms with van der Waals surface area (Å²) in [7, 11) is 1.19. The number of alkyl halides is 2. The van der Waals surface area contributed by atoms with Crippen molar-refractivity contribution in [2.75, 3.05) is 7.11 Å². The minimum absolute atomic E-state index is 0.120. The Morgan fingerprint density at radius 2 is 1.78 bits per heavy atom. The fourth-order valence-corrected chi connectivity index (χ4v) is 3.78. The summed E-state index contributed by atoms with van der Waals surface area (Å²) in [4.78, 5) is 12.0. The average molecular weight is 324 g/mol. The summed E-state index contributed by atoms with van der Waals surface area (Å²) in [6, 6.07) is 7.78. The van der Waals surface area contributed by atoms with Crippen LogP contribution in [-0.2, 0) is 16.0 Å². The Labute approximate surface area is 137 Å². The van der Waals surface area contributed by atoms with Crippen LogP contribution in [-0.4, -0.2) is 19.5 Å². The van der Waals surface area contributed by atoms with Crippen LogP contribution in [0.5, 0.6) is 0 Å². The Balaban J connectivity index is 2.37. The highest BCUT2D eigenvalue weighted by molar-refractivity contribution is 5.74. The van der Waals surface area contributed by atoms with Crippen LogP contribution in [0.2, 0.25) is 0 Å². The van der Waals surface area contributed by atoms with Crippen LogP contribution in [0.25, 0.3) is 0 Å². The third kappa shape index (κ3) is 4.30. The molecule has 1 saturated carbocycles. The molecule has 128 valence electrons. The van der Waals surface area contributed by atoms with Crippen molar-refractivity contribution in [3.8, 4) is 0 Å². The van der Waals surface area contributed by atoms with Gasteiger partial charge in [0.2, 0.25) is 0 Å². The first-order valence-corrected chi connectivity index (χ1v) is 8.53. The fourth-order valence-electron chi connectivity index (χ4n) is 3.78. The first kappa shape index (κ1) is 17.9. The Hall–Kier alpha value is -1.45. The topological polar surface area (TPSA) is 26.3 Å². The van der Waals surface area contributed by atoms with Crippen LogP contribution >= 0.6 is 0 Å². The third-order valence-electron chi connectivity index (χ3n) is 5.06. The average Bonchev–Trinajstić information content (AvgIpc) is 2.59. The number of carbonyl (C=O) groups is 1. The third-order valence-corrected chi connectivity index (χ3v) is 5.06. The number of aryl methyl sites for hydroxylation is 1. The summed E-state index contributed by atoms with van der Waals surface area (Å²) in [5, 5.41) is 0. The summed E-state index contributed by atoms with van der Waals surface area (Å²) in [6.07, 6.45) is 3.25. The van der Waals surface area contributed by atoms with Crippen molar-refractivity contribution >= 4 is 5.97 Å². The number of esters is 1. The van der Waals surface area contributed by atoms with Crippen molar-refractivity contribution in [2.45, 2.75) is 57.8 Å². The molecule has 1 aromatic carbocycles. The molecule has 0 spiro atoms. The van der Waals surface area contributed by atoms with Crippen molar-refractivity contribution < 1.29 is 18.3 Å². The fraction of sp³-hybridized carbons (Fsp3) is 0.632. The monoisotopic (exact) mass is 324 g/mol. The van der Waals surface area contributed by atoms with E-state index in [1.54, 1.807) is 0 Å². The minimum Gasteiger partial charge on any atom is -0.469 e. The van der Waals surface area contributed by atoms with E-state index in [2.05, 4.69) is 6.92 Å². The van der Waals surface area contributed by atoms with Crippen molar-refractivity contribution in [1.82, 2.24) is 0 Å². The van der Waals surface area contributed by atoms with Gasteiger partial charge in [-0.25, -0.2) is 8.78 Å². The van der Waals surface area contributed by atoms with Gasteiger partial charge in [-0.1, -0.05) is 50.5 Å². The van der Waals surface area contributed by atoms with E-state index >= 15 is 0 Å². The summed E-state index contributed by atoms with van der Waals surface area (Å²) < 4.78 is 32.0. The van der Waals surface area contributed by atoms with E-state index in [1.165, 1.54) is 12.7 Å². The molecule has 0 bridgehead atoms. The molecule has 0 amide bonds. The molecule has 1 fully saturated rings. The molecule has 23 heavy (non-hydrogen) atoms. The lowest BCUT2D eigenvalue weighted by Gasteiger charge is -2.34. The SMILES string of the molecule is CCc1ccc(C(C2CCCCC2)C(C(=O)OC)C(F)F)cc1. The van der Waals surface area contributed by atoms with E-state index in [0.717, 1.165) is 44.1 Å². The van der Waals surface area contributed by atoms with Crippen LogP contribution in [0.3, 0.4) is 0 Å². The second-order valence-corrected chi connectivity index (χ2v) is 6.40. The van der Waals surface area contributed by atoms with Gasteiger partial charge in [0.1, 0.15) is 5.92 Å². The molecule has 1 aromatic rings. The maximum atomic E-state index is 13.7. The van der Waals surface area contributed by atoms with Crippen molar-refractivity contribution in [1.29, 1.82) is 0 Å². The van der Waals surface area contributed by atoms with Crippen LogP contribution in [0.15, 0.2) is 24.3 Å². The standard InChI is InChI=1S/C19H26F2O2/c1-3-13-9-11-15(12-10-13)16(14-7-5-4-6-8-14)17(18(20)21)19(22)23-2/h9-12,14,16-18H,3-8H2,1-2H3. The number of hydrogen-bond donors (Lipinski definition) is 0. The Morgan fingerprint density at radius 1 is 1.17 bits per heavy atom. The summed E-state index contributed by atoms with van der Waals surface area (Å²) in [5.41, 5.74) is 2.01. The second-order valence-electron chi connectivity index (χ2n) is 6.40. The van der Waals surface area contributed by atoms with Crippen LogP contribution < -0.4 is 0 Å². The van der Waals surface area contributed by atoms with Crippen molar-refractivity contribution in [3.63, 3.8) is 0 Å². The second kappa shape index (κ2) is 8.42. The van der Waals surface area contributed by atoms with E-state index in [-0.39, 0.29) is 5.92 Å². The largest absolute Gasteiger partial charge is 0.469 e. The zero-order chi connectivity index (χ0) is 16.8. The number of benzene rings is 1. The lowest BCUT2D eigenvalue weighted by atomic mass is 9.71. The number of halogens is 2. The van der Waals surface area contributed by atoms with E-state index in [4.69, 9.17) is 4.74 Å². The highest BCUT2D eigenvalue weighted by Gasteiger charge is 2.42. The minimum atomic E-state index is -2.71. The molecule has 2 nitrogen and oxygen atoms in total. The normalized spacial score (nSPS) is 18.7. The maximum Gasteiger partial charge on any atom is 0.315 e. The predicted molar refractivity (Wildman–Crippen MR) is 86.6 cm³/mol. The summed E-state index contributed by atoms with van der Waals surface area (Å²) in [6.45, 7) is 2.06. The molecule has 2 atom stereocenters. The molecule has 1 aliphatic carbocycles. The molecule has 0 radical (unpaired) electrons. The molecule has 0 saturated heterocycles.